The fourth-order valence-electron chi connectivity index (χ4n) is 4.14. The molecule has 0 atom stereocenters. The molecule has 24 heavy (non-hydrogen) atoms. The molecular weight excluding hydrogens is 302 g/mol. The van der Waals surface area contributed by atoms with Gasteiger partial charge in [-0.2, -0.15) is 0 Å². The van der Waals surface area contributed by atoms with E-state index in [1.165, 1.54) is 32.1 Å². The molecular formula is C18H29N5O. The van der Waals surface area contributed by atoms with Gasteiger partial charge >= 0.3 is 0 Å². The van der Waals surface area contributed by atoms with E-state index >= 15 is 0 Å². The average Bonchev–Trinajstić information content (AvgIpc) is 3.33. The first-order valence-electron chi connectivity index (χ1n) is 9.75. The average molecular weight is 331 g/mol. The van der Waals surface area contributed by atoms with Crippen molar-refractivity contribution in [1.82, 2.24) is 25.2 Å². The van der Waals surface area contributed by atoms with E-state index in [4.69, 9.17) is 0 Å². The molecule has 0 bridgehead atoms. The fraction of sp³-hybridized carbons (Fsp3) is 0.833. The molecule has 2 aliphatic carbocycles. The van der Waals surface area contributed by atoms with Crippen LogP contribution in [0.25, 0.3) is 0 Å². The summed E-state index contributed by atoms with van der Waals surface area (Å²) in [5.41, 5.74) is 0.541. The topological polar surface area (TPSA) is 63.1 Å². The van der Waals surface area contributed by atoms with E-state index in [-0.39, 0.29) is 5.91 Å². The molecule has 3 fully saturated rings. The lowest BCUT2D eigenvalue weighted by Gasteiger charge is -2.34. The van der Waals surface area contributed by atoms with E-state index in [0.717, 1.165) is 51.2 Å². The second-order valence-corrected chi connectivity index (χ2v) is 7.76. The van der Waals surface area contributed by atoms with Crippen LogP contribution in [-0.4, -0.2) is 51.5 Å². The van der Waals surface area contributed by atoms with Gasteiger partial charge in [-0.1, -0.05) is 24.5 Å². The van der Waals surface area contributed by atoms with E-state index < -0.39 is 0 Å². The number of piperidine rings is 1. The Bertz CT molecular complexity index is 556. The number of nitrogens with zero attached hydrogens (tertiary/aromatic N) is 4. The second kappa shape index (κ2) is 7.21. The zero-order valence-corrected chi connectivity index (χ0v) is 14.5. The molecule has 0 spiro atoms. The van der Waals surface area contributed by atoms with Crippen LogP contribution in [0, 0.1) is 5.92 Å². The van der Waals surface area contributed by atoms with E-state index in [2.05, 4.69) is 20.5 Å². The summed E-state index contributed by atoms with van der Waals surface area (Å²) in [5.74, 6) is 0.823. The summed E-state index contributed by atoms with van der Waals surface area (Å²) in [6.07, 6.45) is 12.7. The number of carbonyl (C=O) groups excluding carboxylic acids is 1. The van der Waals surface area contributed by atoms with Gasteiger partial charge in [0.1, 0.15) is 0 Å². The molecule has 1 N–H and O–H groups in total. The van der Waals surface area contributed by atoms with Crippen LogP contribution in [0.5, 0.6) is 0 Å². The highest BCUT2D eigenvalue weighted by atomic mass is 16.2. The minimum Gasteiger partial charge on any atom is -0.334 e. The summed E-state index contributed by atoms with van der Waals surface area (Å²) in [5, 5.41) is 11.9. The van der Waals surface area contributed by atoms with E-state index in [0.29, 0.717) is 17.8 Å². The Morgan fingerprint density at radius 3 is 2.58 bits per heavy atom. The van der Waals surface area contributed by atoms with Crippen molar-refractivity contribution in [2.24, 2.45) is 5.92 Å². The van der Waals surface area contributed by atoms with Gasteiger partial charge in [0.15, 0.2) is 5.69 Å². The van der Waals surface area contributed by atoms with Crippen LogP contribution in [0.3, 0.4) is 0 Å². The largest absolute Gasteiger partial charge is 0.334 e. The molecule has 2 saturated carbocycles. The molecule has 2 heterocycles. The van der Waals surface area contributed by atoms with Crippen LogP contribution < -0.4 is 5.32 Å². The van der Waals surface area contributed by atoms with Crippen molar-refractivity contribution in [2.45, 2.75) is 69.9 Å². The van der Waals surface area contributed by atoms with Crippen molar-refractivity contribution in [3.8, 4) is 0 Å². The standard InChI is InChI=1S/C18H29N5O/c24-18(17-13-23(21-20-17)16-8-10-19-11-9-16)22(12-14-6-7-14)15-4-2-1-3-5-15/h13-16,19H,1-12H2. The molecule has 6 nitrogen and oxygen atoms in total. The van der Waals surface area contributed by atoms with Crippen LogP contribution >= 0.6 is 0 Å². The highest BCUT2D eigenvalue weighted by Crippen LogP contribution is 2.33. The van der Waals surface area contributed by atoms with E-state index in [9.17, 15) is 4.79 Å². The number of aromatic nitrogens is 3. The first kappa shape index (κ1) is 16.1. The lowest BCUT2D eigenvalue weighted by molar-refractivity contribution is 0.0616. The van der Waals surface area contributed by atoms with E-state index in [1.54, 1.807) is 0 Å². The normalized spacial score (nSPS) is 23.3. The molecule has 6 heteroatoms. The van der Waals surface area contributed by atoms with Crippen LogP contribution in [-0.2, 0) is 0 Å². The maximum Gasteiger partial charge on any atom is 0.276 e. The first-order chi connectivity index (χ1) is 11.8. The molecule has 0 unspecified atom stereocenters. The highest BCUT2D eigenvalue weighted by Gasteiger charge is 2.33. The highest BCUT2D eigenvalue weighted by molar-refractivity contribution is 5.92. The third kappa shape index (κ3) is 3.63. The summed E-state index contributed by atoms with van der Waals surface area (Å²) in [6.45, 7) is 2.96. The van der Waals surface area contributed by atoms with Gasteiger partial charge < -0.3 is 10.2 Å². The summed E-state index contributed by atoms with van der Waals surface area (Å²) in [4.78, 5) is 15.2. The second-order valence-electron chi connectivity index (χ2n) is 7.76. The van der Waals surface area contributed by atoms with Crippen molar-refractivity contribution < 1.29 is 4.79 Å². The van der Waals surface area contributed by atoms with Crippen molar-refractivity contribution in [1.29, 1.82) is 0 Å². The predicted octanol–water partition coefficient (Wildman–Crippen LogP) is 2.39. The predicted molar refractivity (Wildman–Crippen MR) is 91.8 cm³/mol. The minimum atomic E-state index is 0.106. The first-order valence-corrected chi connectivity index (χ1v) is 9.75. The lowest BCUT2D eigenvalue weighted by atomic mass is 9.93. The Kier molecular flexibility index (Phi) is 4.83. The fourth-order valence-corrected chi connectivity index (χ4v) is 4.14. The van der Waals surface area contributed by atoms with Crippen LogP contribution in [0.2, 0.25) is 0 Å². The minimum absolute atomic E-state index is 0.106. The number of hydrogen-bond donors (Lipinski definition) is 1. The SMILES string of the molecule is O=C(c1cn(C2CCNCC2)nn1)N(CC1CC1)C1CCCCC1. The Morgan fingerprint density at radius 2 is 1.88 bits per heavy atom. The van der Waals surface area contributed by atoms with Crippen molar-refractivity contribution in [3.63, 3.8) is 0 Å². The summed E-state index contributed by atoms with van der Waals surface area (Å²) < 4.78 is 1.92. The number of nitrogens with one attached hydrogen (secondary N) is 1. The summed E-state index contributed by atoms with van der Waals surface area (Å²) in [6, 6.07) is 0.794. The van der Waals surface area contributed by atoms with Gasteiger partial charge in [0.2, 0.25) is 0 Å². The summed E-state index contributed by atoms with van der Waals surface area (Å²) >= 11 is 0. The van der Waals surface area contributed by atoms with Crippen molar-refractivity contribution >= 4 is 5.91 Å². The monoisotopic (exact) mass is 331 g/mol. The Hall–Kier alpha value is -1.43. The molecule has 1 amide bonds. The van der Waals surface area contributed by atoms with E-state index in [1.807, 2.05) is 10.9 Å². The number of amides is 1. The van der Waals surface area contributed by atoms with Crippen molar-refractivity contribution in [2.75, 3.05) is 19.6 Å². The molecule has 1 aromatic heterocycles. The van der Waals surface area contributed by atoms with Gasteiger partial charge in [-0.25, -0.2) is 4.68 Å². The lowest BCUT2D eigenvalue weighted by Crippen LogP contribution is -2.43. The molecule has 1 aliphatic heterocycles. The maximum absolute atomic E-state index is 13.1. The molecule has 1 saturated heterocycles. The van der Waals surface area contributed by atoms with Gasteiger partial charge in [-0.3, -0.25) is 4.79 Å². The number of carbonyl (C=O) groups is 1. The third-order valence-electron chi connectivity index (χ3n) is 5.84. The van der Waals surface area contributed by atoms with Crippen LogP contribution in [0.1, 0.15) is 74.3 Å². The van der Waals surface area contributed by atoms with Crippen molar-refractivity contribution in [3.05, 3.63) is 11.9 Å². The molecule has 1 aromatic rings. The smallest absolute Gasteiger partial charge is 0.276 e. The number of hydrogen-bond acceptors (Lipinski definition) is 4. The molecule has 3 aliphatic rings. The summed E-state index contributed by atoms with van der Waals surface area (Å²) in [7, 11) is 0. The number of rotatable bonds is 5. The maximum atomic E-state index is 13.1. The van der Waals surface area contributed by atoms with Gasteiger partial charge in [0, 0.05) is 12.6 Å². The Labute approximate surface area is 144 Å². The molecule has 0 radical (unpaired) electrons. The Balaban J connectivity index is 1.47. The third-order valence-corrected chi connectivity index (χ3v) is 5.84. The van der Waals surface area contributed by atoms with Crippen LogP contribution in [0.4, 0.5) is 0 Å². The van der Waals surface area contributed by atoms with Gasteiger partial charge in [-0.15, -0.1) is 5.10 Å². The van der Waals surface area contributed by atoms with Gasteiger partial charge in [-0.05, 0) is 57.5 Å². The Morgan fingerprint density at radius 1 is 1.12 bits per heavy atom. The quantitative estimate of drug-likeness (QED) is 0.900. The van der Waals surface area contributed by atoms with Gasteiger partial charge in [0.25, 0.3) is 5.91 Å². The van der Waals surface area contributed by atoms with Gasteiger partial charge in [0.05, 0.1) is 12.2 Å². The molecule has 4 rings (SSSR count). The zero-order chi connectivity index (χ0) is 16.4. The van der Waals surface area contributed by atoms with Crippen LogP contribution in [0.15, 0.2) is 6.20 Å². The molecule has 132 valence electrons. The molecule has 0 aromatic carbocycles. The zero-order valence-electron chi connectivity index (χ0n) is 14.5.